The monoisotopic (exact) mass is 237 g/mol. The SMILES string of the molecule is C=CCOC(=O)N(C=C)C(C)C1CCCCC1. The summed E-state index contributed by atoms with van der Waals surface area (Å²) in [5.41, 5.74) is 0. The molecule has 1 rings (SSSR count). The highest BCUT2D eigenvalue weighted by Crippen LogP contribution is 2.29. The second-order valence-corrected chi connectivity index (χ2v) is 4.59. The molecule has 0 N–H and O–H groups in total. The Bertz CT molecular complexity index is 269. The average Bonchev–Trinajstić information content (AvgIpc) is 2.38. The van der Waals surface area contributed by atoms with E-state index in [-0.39, 0.29) is 18.7 Å². The van der Waals surface area contributed by atoms with E-state index in [1.165, 1.54) is 32.1 Å². The zero-order valence-electron chi connectivity index (χ0n) is 10.7. The minimum absolute atomic E-state index is 0.171. The number of rotatable bonds is 5. The van der Waals surface area contributed by atoms with Crippen LogP contribution in [-0.4, -0.2) is 23.6 Å². The van der Waals surface area contributed by atoms with E-state index >= 15 is 0 Å². The van der Waals surface area contributed by atoms with Gasteiger partial charge in [-0.1, -0.05) is 38.5 Å². The molecule has 0 aromatic rings. The van der Waals surface area contributed by atoms with E-state index in [2.05, 4.69) is 20.1 Å². The summed E-state index contributed by atoms with van der Waals surface area (Å²) in [4.78, 5) is 13.4. The molecule has 3 heteroatoms. The Kier molecular flexibility index (Phi) is 5.81. The van der Waals surface area contributed by atoms with Crippen molar-refractivity contribution in [3.63, 3.8) is 0 Å². The summed E-state index contributed by atoms with van der Waals surface area (Å²) in [6, 6.07) is 0.171. The second kappa shape index (κ2) is 7.15. The Morgan fingerprint density at radius 3 is 2.59 bits per heavy atom. The fourth-order valence-electron chi connectivity index (χ4n) is 2.46. The lowest BCUT2D eigenvalue weighted by molar-refractivity contribution is 0.0998. The van der Waals surface area contributed by atoms with Gasteiger partial charge in [-0.05, 0) is 25.7 Å². The molecule has 0 radical (unpaired) electrons. The summed E-state index contributed by atoms with van der Waals surface area (Å²) in [7, 11) is 0. The van der Waals surface area contributed by atoms with Crippen molar-refractivity contribution in [1.82, 2.24) is 4.90 Å². The molecule has 1 saturated carbocycles. The summed E-state index contributed by atoms with van der Waals surface area (Å²) in [5, 5.41) is 0. The largest absolute Gasteiger partial charge is 0.445 e. The van der Waals surface area contributed by atoms with Gasteiger partial charge in [0.05, 0.1) is 0 Å². The van der Waals surface area contributed by atoms with Crippen molar-refractivity contribution < 1.29 is 9.53 Å². The predicted molar refractivity (Wildman–Crippen MR) is 69.6 cm³/mol. The molecule has 0 bridgehead atoms. The third-order valence-electron chi connectivity index (χ3n) is 3.50. The molecular formula is C14H23NO2. The van der Waals surface area contributed by atoms with Crippen LogP contribution in [0.1, 0.15) is 39.0 Å². The third kappa shape index (κ3) is 3.91. The molecule has 0 spiro atoms. The van der Waals surface area contributed by atoms with Crippen LogP contribution in [-0.2, 0) is 4.74 Å². The molecule has 1 unspecified atom stereocenters. The van der Waals surface area contributed by atoms with Gasteiger partial charge in [-0.15, -0.1) is 0 Å². The van der Waals surface area contributed by atoms with Gasteiger partial charge in [0.15, 0.2) is 0 Å². The Morgan fingerprint density at radius 1 is 1.41 bits per heavy atom. The van der Waals surface area contributed by atoms with Crippen LogP contribution in [0.15, 0.2) is 25.4 Å². The molecule has 0 heterocycles. The van der Waals surface area contributed by atoms with E-state index in [4.69, 9.17) is 4.74 Å². The van der Waals surface area contributed by atoms with Crippen LogP contribution < -0.4 is 0 Å². The highest BCUT2D eigenvalue weighted by atomic mass is 16.6. The zero-order chi connectivity index (χ0) is 12.7. The molecule has 1 aliphatic rings. The van der Waals surface area contributed by atoms with Crippen LogP contribution in [0.25, 0.3) is 0 Å². The van der Waals surface area contributed by atoms with Crippen molar-refractivity contribution in [3.8, 4) is 0 Å². The molecule has 1 atom stereocenters. The van der Waals surface area contributed by atoms with Crippen LogP contribution in [0.4, 0.5) is 4.79 Å². The Balaban J connectivity index is 2.55. The van der Waals surface area contributed by atoms with Crippen LogP contribution >= 0.6 is 0 Å². The Morgan fingerprint density at radius 2 is 2.06 bits per heavy atom. The molecule has 0 aromatic heterocycles. The molecule has 96 valence electrons. The van der Waals surface area contributed by atoms with Gasteiger partial charge >= 0.3 is 6.09 Å². The maximum atomic E-state index is 11.8. The minimum atomic E-state index is -0.321. The van der Waals surface area contributed by atoms with E-state index in [1.807, 2.05) is 0 Å². The summed E-state index contributed by atoms with van der Waals surface area (Å²) < 4.78 is 5.05. The molecule has 1 amide bonds. The number of hydrogen-bond donors (Lipinski definition) is 0. The molecule has 1 aliphatic carbocycles. The number of hydrogen-bond acceptors (Lipinski definition) is 2. The first-order valence-electron chi connectivity index (χ1n) is 6.39. The van der Waals surface area contributed by atoms with Gasteiger partial charge in [0, 0.05) is 12.2 Å². The van der Waals surface area contributed by atoms with E-state index in [9.17, 15) is 4.79 Å². The highest BCUT2D eigenvalue weighted by molar-refractivity contribution is 5.69. The summed E-state index contributed by atoms with van der Waals surface area (Å²) in [5.74, 6) is 0.568. The van der Waals surface area contributed by atoms with Crippen LogP contribution in [0.2, 0.25) is 0 Å². The molecule has 17 heavy (non-hydrogen) atoms. The van der Waals surface area contributed by atoms with E-state index in [1.54, 1.807) is 17.2 Å². The number of ether oxygens (including phenoxy) is 1. The first-order chi connectivity index (χ1) is 8.20. The predicted octanol–water partition coefficient (Wildman–Crippen LogP) is 3.72. The topological polar surface area (TPSA) is 29.5 Å². The number of amides is 1. The zero-order valence-corrected chi connectivity index (χ0v) is 10.7. The summed E-state index contributed by atoms with van der Waals surface area (Å²) in [6.45, 7) is 9.56. The molecule has 0 aliphatic heterocycles. The first kappa shape index (κ1) is 13.8. The molecule has 3 nitrogen and oxygen atoms in total. The van der Waals surface area contributed by atoms with Crippen molar-refractivity contribution >= 4 is 6.09 Å². The van der Waals surface area contributed by atoms with Crippen LogP contribution in [0.5, 0.6) is 0 Å². The molecular weight excluding hydrogens is 214 g/mol. The van der Waals surface area contributed by atoms with Gasteiger partial charge in [0.25, 0.3) is 0 Å². The van der Waals surface area contributed by atoms with Gasteiger partial charge in [-0.3, -0.25) is 4.90 Å². The quantitative estimate of drug-likeness (QED) is 0.682. The van der Waals surface area contributed by atoms with Crippen LogP contribution in [0, 0.1) is 5.92 Å². The highest BCUT2D eigenvalue weighted by Gasteiger charge is 2.27. The van der Waals surface area contributed by atoms with Crippen molar-refractivity contribution in [2.45, 2.75) is 45.1 Å². The summed E-state index contributed by atoms with van der Waals surface area (Å²) >= 11 is 0. The maximum absolute atomic E-state index is 11.8. The van der Waals surface area contributed by atoms with Gasteiger partial charge in [0.2, 0.25) is 0 Å². The average molecular weight is 237 g/mol. The van der Waals surface area contributed by atoms with E-state index in [0.29, 0.717) is 5.92 Å². The smallest absolute Gasteiger partial charge is 0.414 e. The summed E-state index contributed by atoms with van der Waals surface area (Å²) in [6.07, 6.45) is 9.06. The third-order valence-corrected chi connectivity index (χ3v) is 3.50. The lowest BCUT2D eigenvalue weighted by atomic mass is 9.84. The minimum Gasteiger partial charge on any atom is -0.445 e. The lowest BCUT2D eigenvalue weighted by Crippen LogP contribution is -2.40. The van der Waals surface area contributed by atoms with Crippen molar-refractivity contribution in [1.29, 1.82) is 0 Å². The van der Waals surface area contributed by atoms with Crippen molar-refractivity contribution in [2.24, 2.45) is 5.92 Å². The number of nitrogens with zero attached hydrogens (tertiary/aromatic N) is 1. The standard InChI is InChI=1S/C14H23NO2/c1-4-11-17-14(16)15(5-2)12(3)13-9-7-6-8-10-13/h4-5,12-13H,1-2,6-11H2,3H3. The fourth-order valence-corrected chi connectivity index (χ4v) is 2.46. The van der Waals surface area contributed by atoms with Crippen molar-refractivity contribution in [3.05, 3.63) is 25.4 Å². The maximum Gasteiger partial charge on any atom is 0.414 e. The van der Waals surface area contributed by atoms with E-state index < -0.39 is 0 Å². The molecule has 0 saturated heterocycles. The Hall–Kier alpha value is -1.25. The second-order valence-electron chi connectivity index (χ2n) is 4.59. The van der Waals surface area contributed by atoms with Crippen LogP contribution in [0.3, 0.4) is 0 Å². The molecule has 1 fully saturated rings. The number of carbonyl (C=O) groups excluding carboxylic acids is 1. The Labute approximate surface area is 104 Å². The van der Waals surface area contributed by atoms with Crippen molar-refractivity contribution in [2.75, 3.05) is 6.61 Å². The molecule has 0 aromatic carbocycles. The van der Waals surface area contributed by atoms with Gasteiger partial charge in [-0.25, -0.2) is 4.79 Å². The fraction of sp³-hybridized carbons (Fsp3) is 0.643. The lowest BCUT2D eigenvalue weighted by Gasteiger charge is -2.33. The van der Waals surface area contributed by atoms with Gasteiger partial charge in [-0.2, -0.15) is 0 Å². The van der Waals surface area contributed by atoms with E-state index in [0.717, 1.165) is 0 Å². The normalized spacial score (nSPS) is 18.2. The van der Waals surface area contributed by atoms with Gasteiger partial charge in [0.1, 0.15) is 6.61 Å². The van der Waals surface area contributed by atoms with Gasteiger partial charge < -0.3 is 4.74 Å². The first-order valence-corrected chi connectivity index (χ1v) is 6.39. The number of carbonyl (C=O) groups is 1.